The summed E-state index contributed by atoms with van der Waals surface area (Å²) >= 11 is 0. The van der Waals surface area contributed by atoms with Gasteiger partial charge in [-0.2, -0.15) is 0 Å². The summed E-state index contributed by atoms with van der Waals surface area (Å²) in [7, 11) is -3.77. The smallest absolute Gasteiger partial charge is 0.247 e. The minimum absolute atomic E-state index is 0.199. The highest BCUT2D eigenvalue weighted by atomic mass is 32.2. The topological polar surface area (TPSA) is 75.7 Å². The molecular weight excluding hydrogens is 371 g/mol. The molecule has 0 spiro atoms. The van der Waals surface area contributed by atoms with Crippen molar-refractivity contribution in [1.29, 1.82) is 0 Å². The summed E-state index contributed by atoms with van der Waals surface area (Å²) in [6, 6.07) is 10.6. The molecule has 0 radical (unpaired) electrons. The van der Waals surface area contributed by atoms with Gasteiger partial charge in [0, 0.05) is 11.8 Å². The van der Waals surface area contributed by atoms with Gasteiger partial charge < -0.3 is 10.1 Å². The fraction of sp³-hybridized carbons (Fsp3) is 0.211. The first-order chi connectivity index (χ1) is 12.7. The normalized spacial score (nSPS) is 12.1. The number of carbonyl (C=O) groups is 1. The van der Waals surface area contributed by atoms with Gasteiger partial charge in [-0.15, -0.1) is 0 Å². The Kier molecular flexibility index (Phi) is 6.57. The number of halogens is 1. The van der Waals surface area contributed by atoms with E-state index in [2.05, 4.69) is 11.9 Å². The molecule has 1 N–H and O–H groups in total. The Hall–Kier alpha value is -2.87. The highest BCUT2D eigenvalue weighted by Crippen LogP contribution is 2.23. The van der Waals surface area contributed by atoms with Gasteiger partial charge in [0.25, 0.3) is 0 Å². The number of nitrogens with one attached hydrogen (secondary N) is 1. The van der Waals surface area contributed by atoms with Crippen molar-refractivity contribution in [2.45, 2.75) is 13.0 Å². The predicted octanol–water partition coefficient (Wildman–Crippen LogP) is 3.18. The third kappa shape index (κ3) is 5.55. The Morgan fingerprint density at radius 2 is 1.96 bits per heavy atom. The number of nitrogens with zero attached hydrogens (tertiary/aromatic N) is 1. The first-order valence-corrected chi connectivity index (χ1v) is 9.97. The summed E-state index contributed by atoms with van der Waals surface area (Å²) < 4.78 is 43.9. The van der Waals surface area contributed by atoms with Crippen molar-refractivity contribution in [3.05, 3.63) is 67.0 Å². The van der Waals surface area contributed by atoms with Crippen molar-refractivity contribution in [3.8, 4) is 5.75 Å². The van der Waals surface area contributed by atoms with Crippen LogP contribution in [0.1, 0.15) is 6.92 Å². The van der Waals surface area contributed by atoms with Crippen molar-refractivity contribution >= 4 is 27.3 Å². The number of anilines is 2. The molecule has 8 heteroatoms. The molecule has 2 aromatic carbocycles. The van der Waals surface area contributed by atoms with E-state index in [1.165, 1.54) is 19.1 Å². The molecule has 0 aliphatic rings. The van der Waals surface area contributed by atoms with E-state index in [0.717, 1.165) is 22.7 Å². The molecule has 6 nitrogen and oxygen atoms in total. The Morgan fingerprint density at radius 3 is 2.56 bits per heavy atom. The van der Waals surface area contributed by atoms with Crippen LogP contribution in [0.2, 0.25) is 0 Å². The van der Waals surface area contributed by atoms with Gasteiger partial charge in [0.05, 0.1) is 11.9 Å². The number of benzene rings is 2. The molecule has 0 heterocycles. The van der Waals surface area contributed by atoms with Gasteiger partial charge >= 0.3 is 0 Å². The number of ether oxygens (including phenoxy) is 1. The Bertz CT molecular complexity index is 914. The zero-order valence-corrected chi connectivity index (χ0v) is 15.9. The molecule has 2 rings (SSSR count). The van der Waals surface area contributed by atoms with Crippen molar-refractivity contribution < 1.29 is 22.3 Å². The minimum Gasteiger partial charge on any atom is -0.489 e. The number of rotatable bonds is 8. The molecule has 1 atom stereocenters. The number of amides is 1. The maximum absolute atomic E-state index is 13.2. The highest BCUT2D eigenvalue weighted by Gasteiger charge is 2.29. The van der Waals surface area contributed by atoms with E-state index in [4.69, 9.17) is 4.74 Å². The van der Waals surface area contributed by atoms with Crippen LogP contribution in [0.4, 0.5) is 15.8 Å². The van der Waals surface area contributed by atoms with E-state index in [-0.39, 0.29) is 5.69 Å². The van der Waals surface area contributed by atoms with Gasteiger partial charge in [-0.1, -0.05) is 18.7 Å². The first kappa shape index (κ1) is 20.4. The molecule has 27 heavy (non-hydrogen) atoms. The van der Waals surface area contributed by atoms with E-state index in [0.29, 0.717) is 18.0 Å². The summed E-state index contributed by atoms with van der Waals surface area (Å²) in [5, 5.41) is 2.67. The third-order valence-corrected chi connectivity index (χ3v) is 4.88. The van der Waals surface area contributed by atoms with Gasteiger partial charge in [-0.05, 0) is 43.3 Å². The van der Waals surface area contributed by atoms with Crippen LogP contribution in [-0.4, -0.2) is 33.2 Å². The molecule has 144 valence electrons. The number of hydrogen-bond donors (Lipinski definition) is 1. The van der Waals surface area contributed by atoms with E-state index >= 15 is 0 Å². The largest absolute Gasteiger partial charge is 0.489 e. The average molecular weight is 392 g/mol. The fourth-order valence-corrected chi connectivity index (χ4v) is 3.64. The third-order valence-electron chi connectivity index (χ3n) is 3.64. The molecule has 1 unspecified atom stereocenters. The number of hydrogen-bond acceptors (Lipinski definition) is 4. The number of carbonyl (C=O) groups excluding carboxylic acids is 1. The van der Waals surface area contributed by atoms with Gasteiger partial charge in [-0.25, -0.2) is 12.8 Å². The maximum atomic E-state index is 13.2. The van der Waals surface area contributed by atoms with Crippen LogP contribution in [0.15, 0.2) is 61.2 Å². The van der Waals surface area contributed by atoms with Crippen molar-refractivity contribution in [3.63, 3.8) is 0 Å². The summed E-state index contributed by atoms with van der Waals surface area (Å²) in [5.41, 5.74) is 0.658. The highest BCUT2D eigenvalue weighted by molar-refractivity contribution is 7.92. The van der Waals surface area contributed by atoms with E-state index in [1.54, 1.807) is 30.3 Å². The molecule has 0 saturated carbocycles. The van der Waals surface area contributed by atoms with Crippen molar-refractivity contribution in [2.75, 3.05) is 22.5 Å². The van der Waals surface area contributed by atoms with E-state index in [9.17, 15) is 17.6 Å². The molecule has 0 aromatic heterocycles. The van der Waals surface area contributed by atoms with Crippen LogP contribution < -0.4 is 14.4 Å². The Labute approximate surface area is 158 Å². The Balaban J connectivity index is 2.22. The molecular formula is C19H21FN2O4S. The summed E-state index contributed by atoms with van der Waals surface area (Å²) in [5.74, 6) is -0.495. The zero-order chi connectivity index (χ0) is 20.0. The molecule has 1 amide bonds. The standard InChI is InChI=1S/C19H21FN2O4S/c1-4-12-26-18-7-5-6-16(13-18)21-19(23)14(2)22(27(3,24)25)17-10-8-15(20)9-11-17/h4-11,13-14H,1,12H2,2-3H3,(H,21,23). The van der Waals surface area contributed by atoms with Crippen LogP contribution in [0.25, 0.3) is 0 Å². The predicted molar refractivity (Wildman–Crippen MR) is 104 cm³/mol. The lowest BCUT2D eigenvalue weighted by atomic mass is 10.2. The van der Waals surface area contributed by atoms with Gasteiger partial charge in [0.2, 0.25) is 15.9 Å². The second-order valence-electron chi connectivity index (χ2n) is 5.83. The van der Waals surface area contributed by atoms with E-state index in [1.807, 2.05) is 0 Å². The van der Waals surface area contributed by atoms with Crippen LogP contribution in [0, 0.1) is 5.82 Å². The van der Waals surface area contributed by atoms with Gasteiger partial charge in [0.1, 0.15) is 24.2 Å². The molecule has 0 aliphatic heterocycles. The van der Waals surface area contributed by atoms with Crippen molar-refractivity contribution in [1.82, 2.24) is 0 Å². The molecule has 0 aliphatic carbocycles. The molecule has 0 fully saturated rings. The average Bonchev–Trinajstić information content (AvgIpc) is 2.61. The summed E-state index contributed by atoms with van der Waals surface area (Å²) in [4.78, 5) is 12.6. The zero-order valence-electron chi connectivity index (χ0n) is 15.1. The molecule has 0 bridgehead atoms. The SMILES string of the molecule is C=CCOc1cccc(NC(=O)C(C)N(c2ccc(F)cc2)S(C)(=O)=O)c1. The second-order valence-corrected chi connectivity index (χ2v) is 7.69. The lowest BCUT2D eigenvalue weighted by Gasteiger charge is -2.28. The minimum atomic E-state index is -3.77. The Morgan fingerprint density at radius 1 is 1.30 bits per heavy atom. The van der Waals surface area contributed by atoms with Crippen LogP contribution in [-0.2, 0) is 14.8 Å². The quantitative estimate of drug-likeness (QED) is 0.700. The lowest BCUT2D eigenvalue weighted by molar-refractivity contribution is -0.116. The fourth-order valence-electron chi connectivity index (χ4n) is 2.46. The monoisotopic (exact) mass is 392 g/mol. The van der Waals surface area contributed by atoms with Gasteiger partial charge in [0.15, 0.2) is 0 Å². The molecule has 0 saturated heterocycles. The lowest BCUT2D eigenvalue weighted by Crippen LogP contribution is -2.45. The number of sulfonamides is 1. The molecule has 2 aromatic rings. The van der Waals surface area contributed by atoms with Gasteiger partial charge in [-0.3, -0.25) is 9.10 Å². The second kappa shape index (κ2) is 8.68. The van der Waals surface area contributed by atoms with Crippen molar-refractivity contribution in [2.24, 2.45) is 0 Å². The summed E-state index contributed by atoms with van der Waals surface area (Å²) in [6.07, 6.45) is 2.59. The van der Waals surface area contributed by atoms with Crippen LogP contribution in [0.5, 0.6) is 5.75 Å². The van der Waals surface area contributed by atoms with Crippen LogP contribution in [0.3, 0.4) is 0 Å². The van der Waals surface area contributed by atoms with Crippen LogP contribution >= 0.6 is 0 Å². The summed E-state index contributed by atoms with van der Waals surface area (Å²) in [6.45, 7) is 5.34. The maximum Gasteiger partial charge on any atom is 0.247 e. The first-order valence-electron chi connectivity index (χ1n) is 8.12. The van der Waals surface area contributed by atoms with E-state index < -0.39 is 27.8 Å².